The van der Waals surface area contributed by atoms with Crippen LogP contribution in [-0.4, -0.2) is 42.5 Å². The number of amides is 1. The number of nitrogens with zero attached hydrogens (tertiary/aromatic N) is 3. The number of carbonyl (C=O) groups is 1. The van der Waals surface area contributed by atoms with E-state index in [1.165, 1.54) is 6.08 Å². The van der Waals surface area contributed by atoms with Gasteiger partial charge in [-0.3, -0.25) is 4.79 Å². The molecule has 8 heteroatoms. The summed E-state index contributed by atoms with van der Waals surface area (Å²) < 4.78 is 47.2. The van der Waals surface area contributed by atoms with Gasteiger partial charge in [-0.2, -0.15) is 18.3 Å². The van der Waals surface area contributed by atoms with Crippen LogP contribution in [0.1, 0.15) is 26.3 Å². The highest BCUT2D eigenvalue weighted by molar-refractivity contribution is 6.26. The number of alkyl halides is 3. The lowest BCUT2D eigenvalue weighted by atomic mass is 9.81. The monoisotopic (exact) mass is 519 g/mol. The average molecular weight is 520 g/mol. The number of hydrogen-bond donors (Lipinski definition) is 0. The number of anilines is 1. The Kier molecular flexibility index (Phi) is 6.51. The molecular weight excluding hydrogens is 491 g/mol. The van der Waals surface area contributed by atoms with Crippen LogP contribution in [0.4, 0.5) is 18.9 Å². The van der Waals surface area contributed by atoms with Gasteiger partial charge in [-0.25, -0.2) is 5.01 Å². The van der Waals surface area contributed by atoms with Gasteiger partial charge < -0.3 is 9.64 Å². The summed E-state index contributed by atoms with van der Waals surface area (Å²) in [5.74, 6) is -0.0195. The van der Waals surface area contributed by atoms with E-state index in [0.29, 0.717) is 13.2 Å². The molecule has 2 aliphatic heterocycles. The van der Waals surface area contributed by atoms with E-state index in [4.69, 9.17) is 4.74 Å². The van der Waals surface area contributed by atoms with Crippen LogP contribution < -0.4 is 9.64 Å². The Labute approximate surface area is 219 Å². The molecule has 2 heterocycles. The standard InChI is InChI=1S/C30H28F3N3O2/c1-4-36-28(37)23(27(34-36)30(31,32)33)15-17-25-29(2,3)26-22-13-9-8-10-20(22)14-16-24(26)35(25)18-19-38-21-11-6-5-7-12-21/h5-17H,4,18-19H2,1-3H3/b23-15-,25-17+. The molecule has 1 amide bonds. The molecule has 0 fully saturated rings. The van der Waals surface area contributed by atoms with E-state index in [1.54, 1.807) is 13.0 Å². The first-order chi connectivity index (χ1) is 18.1. The molecule has 0 saturated heterocycles. The number of allylic oxidation sites excluding steroid dienone is 3. The molecule has 0 bridgehead atoms. The van der Waals surface area contributed by atoms with Crippen molar-refractivity contribution in [3.8, 4) is 5.75 Å². The smallest absolute Gasteiger partial charge is 0.435 e. The highest BCUT2D eigenvalue weighted by Gasteiger charge is 2.46. The molecule has 0 aliphatic carbocycles. The quantitative estimate of drug-likeness (QED) is 0.345. The summed E-state index contributed by atoms with van der Waals surface area (Å²) in [7, 11) is 0. The van der Waals surface area contributed by atoms with E-state index in [1.807, 2.05) is 74.5 Å². The third-order valence-electron chi connectivity index (χ3n) is 7.00. The molecule has 3 aromatic carbocycles. The third-order valence-corrected chi connectivity index (χ3v) is 7.00. The number of para-hydroxylation sites is 1. The normalized spacial score (nSPS) is 19.0. The van der Waals surface area contributed by atoms with Crippen molar-refractivity contribution in [3.63, 3.8) is 0 Å². The van der Waals surface area contributed by atoms with Crippen LogP contribution in [0.15, 0.2) is 95.3 Å². The van der Waals surface area contributed by atoms with Gasteiger partial charge in [-0.15, -0.1) is 0 Å². The summed E-state index contributed by atoms with van der Waals surface area (Å²) in [6, 6.07) is 21.6. The van der Waals surface area contributed by atoms with Gasteiger partial charge in [0.25, 0.3) is 5.91 Å². The van der Waals surface area contributed by atoms with Crippen molar-refractivity contribution in [1.82, 2.24) is 5.01 Å². The molecule has 2 aliphatic rings. The van der Waals surface area contributed by atoms with E-state index in [9.17, 15) is 18.0 Å². The summed E-state index contributed by atoms with van der Waals surface area (Å²) in [5.41, 5.74) is 0.646. The summed E-state index contributed by atoms with van der Waals surface area (Å²) in [6.45, 7) is 6.57. The average Bonchev–Trinajstić information content (AvgIpc) is 3.33. The minimum absolute atomic E-state index is 0.0538. The number of carbonyl (C=O) groups excluding carboxylic acids is 1. The Morgan fingerprint density at radius 3 is 2.39 bits per heavy atom. The maximum absolute atomic E-state index is 13.7. The minimum Gasteiger partial charge on any atom is -0.492 e. The second kappa shape index (κ2) is 9.67. The van der Waals surface area contributed by atoms with Gasteiger partial charge in [-0.1, -0.05) is 62.4 Å². The Bertz CT molecular complexity index is 1470. The van der Waals surface area contributed by atoms with Crippen LogP contribution in [-0.2, 0) is 10.2 Å². The predicted octanol–water partition coefficient (Wildman–Crippen LogP) is 6.61. The number of hydrazone groups is 1. The lowest BCUT2D eigenvalue weighted by molar-refractivity contribution is -0.125. The first kappa shape index (κ1) is 25.6. The van der Waals surface area contributed by atoms with Crippen LogP contribution in [0, 0.1) is 0 Å². The molecule has 0 spiro atoms. The van der Waals surface area contributed by atoms with Gasteiger partial charge >= 0.3 is 6.18 Å². The zero-order chi connectivity index (χ0) is 27.1. The molecule has 0 atom stereocenters. The van der Waals surface area contributed by atoms with E-state index in [2.05, 4.69) is 16.1 Å². The lowest BCUT2D eigenvalue weighted by Crippen LogP contribution is -2.30. The van der Waals surface area contributed by atoms with Crippen LogP contribution in [0.3, 0.4) is 0 Å². The van der Waals surface area contributed by atoms with Gasteiger partial charge in [0.2, 0.25) is 0 Å². The first-order valence-electron chi connectivity index (χ1n) is 12.5. The van der Waals surface area contributed by atoms with Crippen molar-refractivity contribution in [2.45, 2.75) is 32.4 Å². The Balaban J connectivity index is 1.58. The molecule has 0 radical (unpaired) electrons. The second-order valence-electron chi connectivity index (χ2n) is 9.72. The third kappa shape index (κ3) is 4.44. The summed E-state index contributed by atoms with van der Waals surface area (Å²) in [6.07, 6.45) is -1.84. The fourth-order valence-electron chi connectivity index (χ4n) is 5.24. The highest BCUT2D eigenvalue weighted by atomic mass is 19.4. The second-order valence-corrected chi connectivity index (χ2v) is 9.72. The summed E-state index contributed by atoms with van der Waals surface area (Å²) >= 11 is 0. The zero-order valence-corrected chi connectivity index (χ0v) is 21.4. The summed E-state index contributed by atoms with van der Waals surface area (Å²) in [4.78, 5) is 14.8. The molecule has 5 nitrogen and oxygen atoms in total. The van der Waals surface area contributed by atoms with E-state index < -0.39 is 28.8 Å². The molecule has 0 aromatic heterocycles. The van der Waals surface area contributed by atoms with Gasteiger partial charge in [0.1, 0.15) is 12.4 Å². The Morgan fingerprint density at radius 1 is 0.974 bits per heavy atom. The van der Waals surface area contributed by atoms with E-state index in [-0.39, 0.29) is 6.54 Å². The lowest BCUT2D eigenvalue weighted by Gasteiger charge is -2.27. The van der Waals surface area contributed by atoms with Crippen LogP contribution in [0.5, 0.6) is 5.75 Å². The number of ether oxygens (including phenoxy) is 1. The van der Waals surface area contributed by atoms with Gasteiger partial charge in [0.15, 0.2) is 5.71 Å². The molecular formula is C30H28F3N3O2. The van der Waals surface area contributed by atoms with Gasteiger partial charge in [-0.05, 0) is 53.6 Å². The number of fused-ring (bicyclic) bond motifs is 3. The number of likely N-dealkylation sites (N-methyl/N-ethyl adjacent to an activating group) is 1. The zero-order valence-electron chi connectivity index (χ0n) is 21.4. The molecule has 0 saturated carbocycles. The minimum atomic E-state index is -4.74. The molecule has 38 heavy (non-hydrogen) atoms. The van der Waals surface area contributed by atoms with Crippen molar-refractivity contribution >= 4 is 28.1 Å². The molecule has 196 valence electrons. The number of hydrogen-bond acceptors (Lipinski definition) is 4. The number of benzene rings is 3. The fourth-order valence-corrected chi connectivity index (χ4v) is 5.24. The topological polar surface area (TPSA) is 45.1 Å². The largest absolute Gasteiger partial charge is 0.492 e. The van der Waals surface area contributed by atoms with E-state index in [0.717, 1.165) is 38.5 Å². The Hall–Kier alpha value is -4.07. The summed E-state index contributed by atoms with van der Waals surface area (Å²) in [5, 5.41) is 6.55. The Morgan fingerprint density at radius 2 is 1.68 bits per heavy atom. The van der Waals surface area contributed by atoms with Gasteiger partial charge in [0.05, 0.1) is 12.1 Å². The maximum atomic E-state index is 13.7. The number of halogens is 3. The van der Waals surface area contributed by atoms with E-state index >= 15 is 0 Å². The SMILES string of the molecule is CCN1N=C(C(F)(F)F)/C(=C/C=C2/N(CCOc3ccccc3)c3ccc4ccccc4c3C2(C)C)C1=O. The van der Waals surface area contributed by atoms with Crippen molar-refractivity contribution in [2.24, 2.45) is 5.10 Å². The molecule has 3 aromatic rings. The van der Waals surface area contributed by atoms with Gasteiger partial charge in [0, 0.05) is 23.3 Å². The maximum Gasteiger partial charge on any atom is 0.435 e. The first-order valence-corrected chi connectivity index (χ1v) is 12.5. The fraction of sp³-hybridized carbons (Fsp3) is 0.267. The number of rotatable bonds is 6. The van der Waals surface area contributed by atoms with Crippen molar-refractivity contribution in [3.05, 3.63) is 95.7 Å². The predicted molar refractivity (Wildman–Crippen MR) is 143 cm³/mol. The van der Waals surface area contributed by atoms with Crippen LogP contribution in [0.2, 0.25) is 0 Å². The molecule has 0 unspecified atom stereocenters. The van der Waals surface area contributed by atoms with Crippen LogP contribution in [0.25, 0.3) is 10.8 Å². The van der Waals surface area contributed by atoms with Crippen molar-refractivity contribution in [1.29, 1.82) is 0 Å². The highest BCUT2D eigenvalue weighted by Crippen LogP contribution is 2.50. The van der Waals surface area contributed by atoms with Crippen LogP contribution >= 0.6 is 0 Å². The molecule has 0 N–H and O–H groups in total. The molecule has 5 rings (SSSR count). The van der Waals surface area contributed by atoms with Crippen molar-refractivity contribution < 1.29 is 22.7 Å². The van der Waals surface area contributed by atoms with Crippen molar-refractivity contribution in [2.75, 3.05) is 24.6 Å².